The molecule has 0 saturated carbocycles. The first-order valence-corrected chi connectivity index (χ1v) is 11.8. The molecule has 1 fully saturated rings. The molecule has 37 heavy (non-hydrogen) atoms. The molecule has 0 spiro atoms. The molecule has 1 aromatic heterocycles. The summed E-state index contributed by atoms with van der Waals surface area (Å²) in [6.45, 7) is 0.518. The van der Waals surface area contributed by atoms with E-state index in [1.807, 2.05) is 72.8 Å². The zero-order valence-corrected chi connectivity index (χ0v) is 19.9. The quantitative estimate of drug-likeness (QED) is 0.304. The molecular formula is C29H24N4O4. The Morgan fingerprint density at radius 3 is 2.22 bits per heavy atom. The Kier molecular flexibility index (Phi) is 6.63. The molecule has 0 radical (unpaired) electrons. The Hall–Kier alpha value is -4.98. The predicted molar refractivity (Wildman–Crippen MR) is 139 cm³/mol. The van der Waals surface area contributed by atoms with E-state index in [4.69, 9.17) is 0 Å². The van der Waals surface area contributed by atoms with Crippen molar-refractivity contribution < 1.29 is 19.2 Å². The van der Waals surface area contributed by atoms with E-state index in [-0.39, 0.29) is 24.6 Å². The number of hydrogen-bond donors (Lipinski definition) is 2. The number of benzene rings is 3. The number of aromatic nitrogens is 1. The van der Waals surface area contributed by atoms with Gasteiger partial charge in [0, 0.05) is 29.2 Å². The number of carbonyl (C=O) groups excluding carboxylic acids is 4. The highest BCUT2D eigenvalue weighted by Crippen LogP contribution is 2.25. The maximum Gasteiger partial charge on any atom is 0.331 e. The normalized spacial score (nSPS) is 14.8. The standard InChI is InChI=1S/C29H24N4O4/c34-26(30-16-20-9-3-1-4-10-20)19-32-18-22(23-13-7-8-14-25(23)32)15-24-27(35)31-29(37)33(28(24)36)17-21-11-5-2-6-12-21/h1-15,18H,16-17,19H2,(H,30,34)(H,31,35,37)/b24-15+. The highest BCUT2D eigenvalue weighted by atomic mass is 16.2. The molecule has 8 heteroatoms. The van der Waals surface area contributed by atoms with E-state index in [0.717, 1.165) is 26.9 Å². The first-order chi connectivity index (χ1) is 18.0. The van der Waals surface area contributed by atoms with Gasteiger partial charge in [-0.3, -0.25) is 24.6 Å². The van der Waals surface area contributed by atoms with Gasteiger partial charge in [0.2, 0.25) is 5.91 Å². The van der Waals surface area contributed by atoms with Gasteiger partial charge in [-0.2, -0.15) is 0 Å². The monoisotopic (exact) mass is 492 g/mol. The average molecular weight is 493 g/mol. The zero-order valence-electron chi connectivity index (χ0n) is 19.9. The van der Waals surface area contributed by atoms with Crippen molar-refractivity contribution in [3.05, 3.63) is 113 Å². The van der Waals surface area contributed by atoms with Crippen molar-refractivity contribution in [1.82, 2.24) is 20.1 Å². The molecule has 0 unspecified atom stereocenters. The van der Waals surface area contributed by atoms with Crippen molar-refractivity contribution in [3.63, 3.8) is 0 Å². The molecule has 2 N–H and O–H groups in total. The van der Waals surface area contributed by atoms with Crippen LogP contribution in [-0.2, 0) is 34.0 Å². The average Bonchev–Trinajstić information content (AvgIpc) is 3.26. The summed E-state index contributed by atoms with van der Waals surface area (Å²) in [6, 6.07) is 25.4. The van der Waals surface area contributed by atoms with Crippen molar-refractivity contribution in [2.24, 2.45) is 0 Å². The number of imide groups is 2. The Morgan fingerprint density at radius 2 is 1.49 bits per heavy atom. The lowest BCUT2D eigenvalue weighted by atomic mass is 10.1. The van der Waals surface area contributed by atoms with Crippen LogP contribution in [0.25, 0.3) is 17.0 Å². The van der Waals surface area contributed by atoms with Crippen LogP contribution < -0.4 is 10.6 Å². The molecule has 0 aliphatic carbocycles. The van der Waals surface area contributed by atoms with E-state index in [1.165, 1.54) is 6.08 Å². The van der Waals surface area contributed by atoms with E-state index < -0.39 is 17.8 Å². The van der Waals surface area contributed by atoms with Crippen LogP contribution in [0.3, 0.4) is 0 Å². The zero-order chi connectivity index (χ0) is 25.8. The number of nitrogens with one attached hydrogen (secondary N) is 2. The van der Waals surface area contributed by atoms with Crippen LogP contribution in [-0.4, -0.2) is 33.2 Å². The Labute approximate surface area is 213 Å². The van der Waals surface area contributed by atoms with Gasteiger partial charge in [0.25, 0.3) is 11.8 Å². The van der Waals surface area contributed by atoms with Gasteiger partial charge in [0.15, 0.2) is 0 Å². The number of amides is 5. The summed E-state index contributed by atoms with van der Waals surface area (Å²) in [6.07, 6.45) is 3.21. The van der Waals surface area contributed by atoms with Gasteiger partial charge in [-0.05, 0) is 23.3 Å². The van der Waals surface area contributed by atoms with Crippen molar-refractivity contribution in [3.8, 4) is 0 Å². The van der Waals surface area contributed by atoms with Gasteiger partial charge in [-0.25, -0.2) is 4.79 Å². The maximum absolute atomic E-state index is 13.2. The second-order valence-corrected chi connectivity index (χ2v) is 8.69. The lowest BCUT2D eigenvalue weighted by Gasteiger charge is -2.26. The number of urea groups is 1. The number of carbonyl (C=O) groups is 4. The highest BCUT2D eigenvalue weighted by molar-refractivity contribution is 6.31. The number of fused-ring (bicyclic) bond motifs is 1. The molecule has 1 aliphatic heterocycles. The lowest BCUT2D eigenvalue weighted by Crippen LogP contribution is -2.53. The Bertz CT molecular complexity index is 1520. The first-order valence-electron chi connectivity index (χ1n) is 11.8. The fraction of sp³-hybridized carbons (Fsp3) is 0.103. The van der Waals surface area contributed by atoms with Gasteiger partial charge in [0.05, 0.1) is 6.54 Å². The molecule has 4 aromatic rings. The summed E-state index contributed by atoms with van der Waals surface area (Å²) in [7, 11) is 0. The number of nitrogens with zero attached hydrogens (tertiary/aromatic N) is 2. The second kappa shape index (κ2) is 10.3. The van der Waals surface area contributed by atoms with E-state index in [2.05, 4.69) is 10.6 Å². The molecular weight excluding hydrogens is 468 g/mol. The van der Waals surface area contributed by atoms with Crippen molar-refractivity contribution >= 4 is 40.7 Å². The summed E-state index contributed by atoms with van der Waals surface area (Å²) in [5.41, 5.74) is 2.99. The summed E-state index contributed by atoms with van der Waals surface area (Å²) in [5.74, 6) is -1.60. The van der Waals surface area contributed by atoms with Gasteiger partial charge < -0.3 is 9.88 Å². The molecule has 1 aliphatic rings. The van der Waals surface area contributed by atoms with Crippen LogP contribution in [0.1, 0.15) is 16.7 Å². The number of rotatable bonds is 7. The van der Waals surface area contributed by atoms with Crippen LogP contribution in [0, 0.1) is 0 Å². The van der Waals surface area contributed by atoms with Gasteiger partial charge in [-0.15, -0.1) is 0 Å². The lowest BCUT2D eigenvalue weighted by molar-refractivity contribution is -0.130. The topological polar surface area (TPSA) is 101 Å². The minimum Gasteiger partial charge on any atom is -0.350 e. The number of barbiturate groups is 1. The van der Waals surface area contributed by atoms with Crippen LogP contribution in [0.15, 0.2) is 96.7 Å². The SMILES string of the molecule is O=C(Cn1cc(/C=C2\C(=O)NC(=O)N(Cc3ccccc3)C2=O)c2ccccc21)NCc1ccccc1. The molecule has 0 bridgehead atoms. The van der Waals surface area contributed by atoms with Crippen molar-refractivity contribution in [1.29, 1.82) is 0 Å². The van der Waals surface area contributed by atoms with E-state index in [0.29, 0.717) is 12.1 Å². The van der Waals surface area contributed by atoms with E-state index in [9.17, 15) is 19.2 Å². The molecule has 3 aromatic carbocycles. The Balaban J connectivity index is 1.41. The number of para-hydroxylation sites is 1. The Morgan fingerprint density at radius 1 is 0.838 bits per heavy atom. The van der Waals surface area contributed by atoms with Crippen molar-refractivity contribution in [2.75, 3.05) is 0 Å². The van der Waals surface area contributed by atoms with E-state index >= 15 is 0 Å². The third-order valence-corrected chi connectivity index (χ3v) is 6.14. The fourth-order valence-electron chi connectivity index (χ4n) is 4.29. The minimum absolute atomic E-state index is 0.0411. The minimum atomic E-state index is -0.756. The van der Waals surface area contributed by atoms with Crippen molar-refractivity contribution in [2.45, 2.75) is 19.6 Å². The molecule has 8 nitrogen and oxygen atoms in total. The van der Waals surface area contributed by atoms with Crippen LogP contribution >= 0.6 is 0 Å². The largest absolute Gasteiger partial charge is 0.350 e. The second-order valence-electron chi connectivity index (χ2n) is 8.69. The molecule has 2 heterocycles. The molecule has 5 amide bonds. The molecule has 5 rings (SSSR count). The summed E-state index contributed by atoms with van der Waals surface area (Å²) in [5, 5.41) is 5.95. The highest BCUT2D eigenvalue weighted by Gasteiger charge is 2.35. The van der Waals surface area contributed by atoms with Gasteiger partial charge in [-0.1, -0.05) is 78.9 Å². The van der Waals surface area contributed by atoms with Crippen LogP contribution in [0.4, 0.5) is 4.79 Å². The fourth-order valence-corrected chi connectivity index (χ4v) is 4.29. The predicted octanol–water partition coefficient (Wildman–Crippen LogP) is 3.62. The molecule has 1 saturated heterocycles. The van der Waals surface area contributed by atoms with Gasteiger partial charge in [0.1, 0.15) is 12.1 Å². The third-order valence-electron chi connectivity index (χ3n) is 6.14. The summed E-state index contributed by atoms with van der Waals surface area (Å²) >= 11 is 0. The summed E-state index contributed by atoms with van der Waals surface area (Å²) < 4.78 is 1.78. The van der Waals surface area contributed by atoms with Gasteiger partial charge >= 0.3 is 6.03 Å². The van der Waals surface area contributed by atoms with Crippen LogP contribution in [0.2, 0.25) is 0 Å². The first kappa shape index (κ1) is 23.7. The molecule has 0 atom stereocenters. The molecule has 184 valence electrons. The third kappa shape index (κ3) is 5.18. The summed E-state index contributed by atoms with van der Waals surface area (Å²) in [4.78, 5) is 51.9. The maximum atomic E-state index is 13.2. The number of hydrogen-bond acceptors (Lipinski definition) is 4. The smallest absolute Gasteiger partial charge is 0.331 e. The van der Waals surface area contributed by atoms with E-state index in [1.54, 1.807) is 22.9 Å². The van der Waals surface area contributed by atoms with Crippen LogP contribution in [0.5, 0.6) is 0 Å².